The average Bonchev–Trinajstić information content (AvgIpc) is 2.82. The van der Waals surface area contributed by atoms with Gasteiger partial charge in [0.2, 0.25) is 0 Å². The minimum absolute atomic E-state index is 0.107. The van der Waals surface area contributed by atoms with E-state index in [2.05, 4.69) is 0 Å². The lowest BCUT2D eigenvalue weighted by atomic mass is 10.00. The van der Waals surface area contributed by atoms with Gasteiger partial charge >= 0.3 is 5.97 Å². The molecule has 1 aliphatic rings. The van der Waals surface area contributed by atoms with Crippen LogP contribution in [0, 0.1) is 10.1 Å². The summed E-state index contributed by atoms with van der Waals surface area (Å²) in [4.78, 5) is 21.3. The maximum absolute atomic E-state index is 11.1. The van der Waals surface area contributed by atoms with Gasteiger partial charge in [-0.25, -0.2) is 0 Å². The number of rotatable bonds is 5. The van der Waals surface area contributed by atoms with Gasteiger partial charge in [0.1, 0.15) is 11.6 Å². The molecule has 1 saturated carbocycles. The molecule has 1 aromatic carbocycles. The summed E-state index contributed by atoms with van der Waals surface area (Å²) < 4.78 is 10.8. The van der Waals surface area contributed by atoms with Crippen LogP contribution in [0.3, 0.4) is 0 Å². The van der Waals surface area contributed by atoms with Crippen LogP contribution in [-0.2, 0) is 4.79 Å². The highest BCUT2D eigenvalue weighted by atomic mass is 16.6. The number of aliphatic carboxylic acids is 1. The summed E-state index contributed by atoms with van der Waals surface area (Å²) in [6.45, 7) is 0. The summed E-state index contributed by atoms with van der Waals surface area (Å²) in [6.07, 6.45) is 0.648. The Kier molecular flexibility index (Phi) is 3.99. The van der Waals surface area contributed by atoms with Crippen LogP contribution in [0.2, 0.25) is 0 Å². The van der Waals surface area contributed by atoms with E-state index in [9.17, 15) is 14.9 Å². The van der Waals surface area contributed by atoms with Crippen LogP contribution in [0.25, 0.3) is 0 Å². The van der Waals surface area contributed by atoms with Crippen molar-refractivity contribution in [3.8, 4) is 11.5 Å². The second kappa shape index (κ2) is 5.57. The summed E-state index contributed by atoms with van der Waals surface area (Å²) in [7, 11) is 1.38. The number of nitrogens with zero attached hydrogens (tertiary/aromatic N) is 1. The molecule has 8 heteroatoms. The van der Waals surface area contributed by atoms with Crippen molar-refractivity contribution >= 4 is 11.7 Å². The second-order valence-corrected chi connectivity index (χ2v) is 5.04. The van der Waals surface area contributed by atoms with Gasteiger partial charge in [0.05, 0.1) is 18.1 Å². The zero-order chi connectivity index (χ0) is 15.6. The number of hydrogen-bond acceptors (Lipinski definition) is 6. The van der Waals surface area contributed by atoms with Crippen molar-refractivity contribution in [3.63, 3.8) is 0 Å². The Bertz CT molecular complexity index is 576. The molecule has 0 radical (unpaired) electrons. The molecule has 114 valence electrons. The van der Waals surface area contributed by atoms with Gasteiger partial charge < -0.3 is 20.3 Å². The zero-order valence-corrected chi connectivity index (χ0v) is 11.4. The summed E-state index contributed by atoms with van der Waals surface area (Å²) >= 11 is 0. The molecule has 1 aliphatic carbocycles. The Balaban J connectivity index is 2.14. The van der Waals surface area contributed by atoms with Crippen molar-refractivity contribution in [1.29, 1.82) is 0 Å². The fourth-order valence-electron chi connectivity index (χ4n) is 2.37. The first kappa shape index (κ1) is 15.0. The Labute approximate surface area is 120 Å². The van der Waals surface area contributed by atoms with Crippen molar-refractivity contribution in [1.82, 2.24) is 0 Å². The van der Waals surface area contributed by atoms with Crippen molar-refractivity contribution in [3.05, 3.63) is 28.3 Å². The van der Waals surface area contributed by atoms with Crippen molar-refractivity contribution < 1.29 is 24.3 Å². The lowest BCUT2D eigenvalue weighted by Crippen LogP contribution is -2.46. The van der Waals surface area contributed by atoms with Gasteiger partial charge in [0, 0.05) is 12.5 Å². The molecule has 21 heavy (non-hydrogen) atoms. The summed E-state index contributed by atoms with van der Waals surface area (Å²) in [6, 6.07) is 4.01. The first-order valence-electron chi connectivity index (χ1n) is 6.37. The van der Waals surface area contributed by atoms with Gasteiger partial charge in [-0.05, 0) is 18.9 Å². The van der Waals surface area contributed by atoms with Crippen LogP contribution in [-0.4, -0.2) is 34.8 Å². The van der Waals surface area contributed by atoms with E-state index >= 15 is 0 Å². The van der Waals surface area contributed by atoms with Crippen LogP contribution in [0.4, 0.5) is 5.69 Å². The number of methoxy groups -OCH3 is 1. The predicted molar refractivity (Wildman–Crippen MR) is 72.5 cm³/mol. The van der Waals surface area contributed by atoms with Gasteiger partial charge in [-0.2, -0.15) is 0 Å². The third kappa shape index (κ3) is 3.05. The topological polar surface area (TPSA) is 125 Å². The van der Waals surface area contributed by atoms with E-state index in [1.54, 1.807) is 0 Å². The van der Waals surface area contributed by atoms with E-state index in [0.29, 0.717) is 18.6 Å². The van der Waals surface area contributed by atoms with Gasteiger partial charge in [-0.15, -0.1) is 0 Å². The fourth-order valence-corrected chi connectivity index (χ4v) is 2.37. The van der Waals surface area contributed by atoms with Crippen LogP contribution in [0.5, 0.6) is 11.5 Å². The quantitative estimate of drug-likeness (QED) is 0.620. The Morgan fingerprint density at radius 2 is 2.24 bits per heavy atom. The number of carboxylic acids is 1. The Morgan fingerprint density at radius 3 is 2.76 bits per heavy atom. The molecule has 2 rings (SSSR count). The fraction of sp³-hybridized carbons (Fsp3) is 0.462. The van der Waals surface area contributed by atoms with Crippen molar-refractivity contribution in [2.24, 2.45) is 5.73 Å². The summed E-state index contributed by atoms with van der Waals surface area (Å²) in [5, 5.41) is 19.8. The molecule has 2 atom stereocenters. The molecule has 0 amide bonds. The van der Waals surface area contributed by atoms with Gasteiger partial charge in [-0.1, -0.05) is 0 Å². The number of non-ortho nitro benzene ring substituents is 1. The summed E-state index contributed by atoms with van der Waals surface area (Å²) in [5.74, 6) is -0.485. The van der Waals surface area contributed by atoms with E-state index in [1.165, 1.54) is 25.3 Å². The average molecular weight is 296 g/mol. The highest BCUT2D eigenvalue weighted by Gasteiger charge is 2.43. The molecule has 0 aliphatic heterocycles. The third-order valence-corrected chi connectivity index (χ3v) is 3.58. The molecule has 1 aromatic rings. The smallest absolute Gasteiger partial charge is 0.323 e. The molecule has 0 saturated heterocycles. The number of nitrogens with two attached hydrogens (primary N) is 1. The maximum Gasteiger partial charge on any atom is 0.323 e. The third-order valence-electron chi connectivity index (χ3n) is 3.58. The maximum atomic E-state index is 11.1. The second-order valence-electron chi connectivity index (χ2n) is 5.04. The predicted octanol–water partition coefficient (Wildman–Crippen LogP) is 1.32. The minimum Gasteiger partial charge on any atom is -0.493 e. The highest BCUT2D eigenvalue weighted by Crippen LogP contribution is 2.36. The molecule has 3 N–H and O–H groups in total. The van der Waals surface area contributed by atoms with E-state index in [1.807, 2.05) is 0 Å². The molecule has 0 bridgehead atoms. The number of nitro benzene ring substituents is 1. The van der Waals surface area contributed by atoms with E-state index in [-0.39, 0.29) is 24.0 Å². The van der Waals surface area contributed by atoms with Crippen LogP contribution in [0.1, 0.15) is 19.3 Å². The first-order valence-corrected chi connectivity index (χ1v) is 6.37. The Hall–Kier alpha value is -2.35. The van der Waals surface area contributed by atoms with Gasteiger partial charge in [0.25, 0.3) is 5.69 Å². The summed E-state index contributed by atoms with van der Waals surface area (Å²) in [5.41, 5.74) is 4.39. The van der Waals surface area contributed by atoms with Gasteiger partial charge in [-0.3, -0.25) is 14.9 Å². The molecule has 0 spiro atoms. The standard InChI is InChI=1S/C13H16N2O6/c1-20-11-6-8(15(18)19)2-3-10(11)21-9-4-5-13(14,7-9)12(16)17/h2-3,6,9H,4-5,7,14H2,1H3,(H,16,17). The van der Waals surface area contributed by atoms with E-state index in [0.717, 1.165) is 0 Å². The Morgan fingerprint density at radius 1 is 1.52 bits per heavy atom. The van der Waals surface area contributed by atoms with Crippen molar-refractivity contribution in [2.45, 2.75) is 30.9 Å². The normalized spacial score (nSPS) is 24.6. The molecular weight excluding hydrogens is 280 g/mol. The number of nitro groups is 1. The van der Waals surface area contributed by atoms with Gasteiger partial charge in [0.15, 0.2) is 11.5 Å². The molecule has 8 nitrogen and oxygen atoms in total. The lowest BCUT2D eigenvalue weighted by Gasteiger charge is -2.19. The van der Waals surface area contributed by atoms with Crippen molar-refractivity contribution in [2.75, 3.05) is 7.11 Å². The molecular formula is C13H16N2O6. The minimum atomic E-state index is -1.28. The van der Waals surface area contributed by atoms with E-state index in [4.69, 9.17) is 20.3 Å². The molecule has 0 aromatic heterocycles. The number of hydrogen-bond donors (Lipinski definition) is 2. The SMILES string of the molecule is COc1cc([N+](=O)[O-])ccc1OC1CCC(N)(C(=O)O)C1. The number of benzene rings is 1. The van der Waals surface area contributed by atoms with Crippen LogP contribution in [0.15, 0.2) is 18.2 Å². The first-order chi connectivity index (χ1) is 9.85. The monoisotopic (exact) mass is 296 g/mol. The van der Waals surface area contributed by atoms with E-state index < -0.39 is 16.4 Å². The zero-order valence-electron chi connectivity index (χ0n) is 11.4. The molecule has 2 unspecified atom stereocenters. The molecule has 0 heterocycles. The lowest BCUT2D eigenvalue weighted by molar-refractivity contribution is -0.385. The highest BCUT2D eigenvalue weighted by molar-refractivity contribution is 5.79. The number of carbonyl (C=O) groups is 1. The van der Waals surface area contributed by atoms with Crippen LogP contribution >= 0.6 is 0 Å². The molecule has 1 fully saturated rings. The number of ether oxygens (including phenoxy) is 2. The number of carboxylic acid groups (broad SMARTS) is 1. The largest absolute Gasteiger partial charge is 0.493 e. The van der Waals surface area contributed by atoms with Crippen LogP contribution < -0.4 is 15.2 Å².